The number of aliphatic carboxylic acids is 1. The summed E-state index contributed by atoms with van der Waals surface area (Å²) in [6, 6.07) is 18.4. The van der Waals surface area contributed by atoms with Crippen molar-refractivity contribution in [3.63, 3.8) is 0 Å². The summed E-state index contributed by atoms with van der Waals surface area (Å²) in [7, 11) is 0. The number of imidazole rings is 1. The van der Waals surface area contributed by atoms with Gasteiger partial charge in [-0.2, -0.15) is 0 Å². The van der Waals surface area contributed by atoms with Crippen LogP contribution in [0.15, 0.2) is 78.8 Å². The average Bonchev–Trinajstić information content (AvgIpc) is 3.14. The SMILES string of the molecule is NCC/C=C(/Cc1cn(-c2ccc(-c3ccccc3)cc2)cn1)C(=O)O. The zero-order valence-corrected chi connectivity index (χ0v) is 14.4. The highest BCUT2D eigenvalue weighted by molar-refractivity contribution is 5.86. The number of carboxylic acid groups (broad SMARTS) is 1. The van der Waals surface area contributed by atoms with Gasteiger partial charge in [0.25, 0.3) is 0 Å². The van der Waals surface area contributed by atoms with Crippen molar-refractivity contribution in [2.24, 2.45) is 5.73 Å². The van der Waals surface area contributed by atoms with Crippen molar-refractivity contribution in [2.75, 3.05) is 6.54 Å². The topological polar surface area (TPSA) is 81.1 Å². The van der Waals surface area contributed by atoms with Crippen molar-refractivity contribution in [1.29, 1.82) is 0 Å². The number of carboxylic acids is 1. The molecule has 0 aliphatic carbocycles. The fraction of sp³-hybridized carbons (Fsp3) is 0.143. The first-order valence-electron chi connectivity index (χ1n) is 8.48. The van der Waals surface area contributed by atoms with Crippen LogP contribution in [-0.4, -0.2) is 27.2 Å². The molecule has 0 bridgehead atoms. The Labute approximate surface area is 152 Å². The third-order valence-electron chi connectivity index (χ3n) is 4.11. The molecule has 3 N–H and O–H groups in total. The van der Waals surface area contributed by atoms with Crippen LogP contribution in [0, 0.1) is 0 Å². The van der Waals surface area contributed by atoms with E-state index in [-0.39, 0.29) is 6.42 Å². The molecule has 1 aromatic heterocycles. The lowest BCUT2D eigenvalue weighted by Crippen LogP contribution is -2.06. The van der Waals surface area contributed by atoms with E-state index in [0.29, 0.717) is 24.2 Å². The standard InChI is InChI=1S/C21H21N3O2/c22-12-4-7-18(21(25)26)13-19-14-24(15-23-19)20-10-8-17(9-11-20)16-5-2-1-3-6-16/h1-3,5-11,14-15H,4,12-13,22H2,(H,25,26)/b18-7-. The summed E-state index contributed by atoms with van der Waals surface area (Å²) in [5.41, 5.74) is 9.77. The zero-order valence-electron chi connectivity index (χ0n) is 14.4. The first-order chi connectivity index (χ1) is 12.7. The predicted octanol–water partition coefficient (Wildman–Crippen LogP) is 3.44. The van der Waals surface area contributed by atoms with Gasteiger partial charge in [0.05, 0.1) is 12.0 Å². The molecular formula is C21H21N3O2. The molecule has 3 aromatic rings. The van der Waals surface area contributed by atoms with E-state index >= 15 is 0 Å². The summed E-state index contributed by atoms with van der Waals surface area (Å²) in [5, 5.41) is 9.28. The maximum atomic E-state index is 11.3. The highest BCUT2D eigenvalue weighted by atomic mass is 16.4. The molecule has 0 fully saturated rings. The molecule has 0 radical (unpaired) electrons. The third kappa shape index (κ3) is 4.26. The van der Waals surface area contributed by atoms with Crippen LogP contribution in [0.3, 0.4) is 0 Å². The van der Waals surface area contributed by atoms with E-state index in [9.17, 15) is 9.90 Å². The summed E-state index contributed by atoms with van der Waals surface area (Å²) in [6.07, 6.45) is 6.05. The van der Waals surface area contributed by atoms with E-state index in [1.807, 2.05) is 41.1 Å². The summed E-state index contributed by atoms with van der Waals surface area (Å²) < 4.78 is 1.90. The Balaban J connectivity index is 1.76. The maximum absolute atomic E-state index is 11.3. The number of aromatic nitrogens is 2. The van der Waals surface area contributed by atoms with Crippen LogP contribution in [0.2, 0.25) is 0 Å². The molecule has 0 saturated carbocycles. The number of benzene rings is 2. The molecule has 1 heterocycles. The molecule has 0 spiro atoms. The number of rotatable bonds is 7. The van der Waals surface area contributed by atoms with Gasteiger partial charge in [-0.05, 0) is 36.2 Å². The minimum Gasteiger partial charge on any atom is -0.478 e. The number of hydrogen-bond donors (Lipinski definition) is 2. The van der Waals surface area contributed by atoms with Crippen molar-refractivity contribution in [3.8, 4) is 16.8 Å². The van der Waals surface area contributed by atoms with Crippen molar-refractivity contribution in [3.05, 3.63) is 84.5 Å². The van der Waals surface area contributed by atoms with Gasteiger partial charge in [0, 0.05) is 23.9 Å². The van der Waals surface area contributed by atoms with E-state index < -0.39 is 5.97 Å². The van der Waals surface area contributed by atoms with E-state index in [1.54, 1.807) is 12.4 Å². The summed E-state index contributed by atoms with van der Waals surface area (Å²) in [4.78, 5) is 15.6. The molecule has 0 aliphatic heterocycles. The molecule has 5 nitrogen and oxygen atoms in total. The molecule has 26 heavy (non-hydrogen) atoms. The lowest BCUT2D eigenvalue weighted by molar-refractivity contribution is -0.132. The second-order valence-electron chi connectivity index (χ2n) is 5.97. The van der Waals surface area contributed by atoms with Crippen LogP contribution in [0.4, 0.5) is 0 Å². The average molecular weight is 347 g/mol. The Kier molecular flexibility index (Phi) is 5.61. The molecule has 0 atom stereocenters. The quantitative estimate of drug-likeness (QED) is 0.642. The zero-order chi connectivity index (χ0) is 18.4. The van der Waals surface area contributed by atoms with Gasteiger partial charge in [-0.15, -0.1) is 0 Å². The molecule has 0 aliphatic rings. The second kappa shape index (κ2) is 8.27. The molecule has 0 amide bonds. The molecule has 0 saturated heterocycles. The monoisotopic (exact) mass is 347 g/mol. The molecular weight excluding hydrogens is 326 g/mol. The van der Waals surface area contributed by atoms with Crippen LogP contribution in [0.25, 0.3) is 16.8 Å². The van der Waals surface area contributed by atoms with Crippen molar-refractivity contribution in [2.45, 2.75) is 12.8 Å². The fourth-order valence-corrected chi connectivity index (χ4v) is 2.74. The van der Waals surface area contributed by atoms with E-state index in [1.165, 1.54) is 5.56 Å². The van der Waals surface area contributed by atoms with Gasteiger partial charge >= 0.3 is 5.97 Å². The summed E-state index contributed by atoms with van der Waals surface area (Å²) in [6.45, 7) is 0.430. The minimum atomic E-state index is -0.930. The summed E-state index contributed by atoms with van der Waals surface area (Å²) in [5.74, 6) is -0.930. The van der Waals surface area contributed by atoms with Crippen LogP contribution >= 0.6 is 0 Å². The van der Waals surface area contributed by atoms with Gasteiger partial charge in [-0.25, -0.2) is 9.78 Å². The fourth-order valence-electron chi connectivity index (χ4n) is 2.74. The molecule has 5 heteroatoms. The van der Waals surface area contributed by atoms with Gasteiger partial charge in [0.2, 0.25) is 0 Å². The number of nitrogens with two attached hydrogens (primary N) is 1. The highest BCUT2D eigenvalue weighted by Gasteiger charge is 2.10. The largest absolute Gasteiger partial charge is 0.478 e. The Morgan fingerprint density at radius 3 is 2.42 bits per heavy atom. The third-order valence-corrected chi connectivity index (χ3v) is 4.11. The van der Waals surface area contributed by atoms with E-state index in [4.69, 9.17) is 5.73 Å². The maximum Gasteiger partial charge on any atom is 0.331 e. The van der Waals surface area contributed by atoms with Crippen LogP contribution in [0.5, 0.6) is 0 Å². The Morgan fingerprint density at radius 1 is 1.08 bits per heavy atom. The second-order valence-corrected chi connectivity index (χ2v) is 5.97. The molecule has 2 aromatic carbocycles. The Bertz CT molecular complexity index is 897. The lowest BCUT2D eigenvalue weighted by Gasteiger charge is -2.05. The van der Waals surface area contributed by atoms with Gasteiger partial charge in [-0.1, -0.05) is 48.5 Å². The normalized spacial score (nSPS) is 11.5. The van der Waals surface area contributed by atoms with E-state index in [0.717, 1.165) is 11.3 Å². The van der Waals surface area contributed by atoms with Crippen molar-refractivity contribution < 1.29 is 9.90 Å². The van der Waals surface area contributed by atoms with Crippen LogP contribution in [-0.2, 0) is 11.2 Å². The Hall–Kier alpha value is -3.18. The number of hydrogen-bond acceptors (Lipinski definition) is 3. The minimum absolute atomic E-state index is 0.282. The van der Waals surface area contributed by atoms with Gasteiger partial charge in [0.1, 0.15) is 0 Å². The predicted molar refractivity (Wildman–Crippen MR) is 102 cm³/mol. The number of nitrogens with zero attached hydrogens (tertiary/aromatic N) is 2. The van der Waals surface area contributed by atoms with E-state index in [2.05, 4.69) is 29.2 Å². The smallest absolute Gasteiger partial charge is 0.331 e. The molecule has 132 valence electrons. The van der Waals surface area contributed by atoms with Crippen LogP contribution in [0.1, 0.15) is 12.1 Å². The summed E-state index contributed by atoms with van der Waals surface area (Å²) >= 11 is 0. The van der Waals surface area contributed by atoms with Gasteiger partial charge < -0.3 is 15.4 Å². The van der Waals surface area contributed by atoms with Crippen LogP contribution < -0.4 is 5.73 Å². The van der Waals surface area contributed by atoms with Gasteiger partial charge in [0.15, 0.2) is 0 Å². The Morgan fingerprint density at radius 2 is 1.77 bits per heavy atom. The van der Waals surface area contributed by atoms with Gasteiger partial charge in [-0.3, -0.25) is 0 Å². The molecule has 0 unspecified atom stereocenters. The molecule has 3 rings (SSSR count). The first-order valence-corrected chi connectivity index (χ1v) is 8.48. The van der Waals surface area contributed by atoms with Crippen molar-refractivity contribution >= 4 is 5.97 Å². The van der Waals surface area contributed by atoms with Crippen molar-refractivity contribution in [1.82, 2.24) is 9.55 Å². The lowest BCUT2D eigenvalue weighted by atomic mass is 10.1. The number of carbonyl (C=O) groups is 1. The first kappa shape index (κ1) is 17.6. The highest BCUT2D eigenvalue weighted by Crippen LogP contribution is 2.21.